The van der Waals surface area contributed by atoms with Crippen LogP contribution in [0.5, 0.6) is 51.7 Å². The van der Waals surface area contributed by atoms with E-state index in [1.54, 1.807) is 42.7 Å². The molecule has 0 atom stereocenters. The van der Waals surface area contributed by atoms with Gasteiger partial charge in [0.25, 0.3) is 0 Å². The first-order valence-corrected chi connectivity index (χ1v) is 22.4. The van der Waals surface area contributed by atoms with E-state index < -0.39 is 0 Å². The van der Waals surface area contributed by atoms with Crippen LogP contribution in [-0.2, 0) is 19.8 Å². The van der Waals surface area contributed by atoms with E-state index in [2.05, 4.69) is 51.4 Å². The van der Waals surface area contributed by atoms with Crippen LogP contribution in [0.2, 0.25) is 0 Å². The Balaban J connectivity index is 0.980. The average molecular weight is 922 g/mol. The van der Waals surface area contributed by atoms with Crippen LogP contribution in [0.15, 0.2) is 146 Å². The van der Waals surface area contributed by atoms with E-state index in [0.717, 1.165) is 100 Å². The van der Waals surface area contributed by atoms with Gasteiger partial charge in [0, 0.05) is 105 Å². The van der Waals surface area contributed by atoms with Gasteiger partial charge < -0.3 is 57.6 Å². The third-order valence-corrected chi connectivity index (χ3v) is 12.3. The van der Waals surface area contributed by atoms with Crippen molar-refractivity contribution in [2.45, 2.75) is 19.8 Å². The lowest BCUT2D eigenvalue weighted by Gasteiger charge is -2.17. The van der Waals surface area contributed by atoms with Gasteiger partial charge in [-0.05, 0) is 53.1 Å². The van der Waals surface area contributed by atoms with Crippen molar-refractivity contribution in [1.29, 1.82) is 0 Å². The highest BCUT2D eigenvalue weighted by Gasteiger charge is 2.20. The second-order valence-electron chi connectivity index (χ2n) is 16.4. The SMILES string of the molecule is COc1cc(OC)c2c(-c3ccccc3OCc3cc(COc4ccccc4-c4c[nH]c5cc(OC)cc(OC)c45)cc(COc4ccccc4-c4c[nH]c5cc(OC)cc(OC)c45)c3)c[nH]c2c1. The number of H-pyrrole nitrogens is 3. The quantitative estimate of drug-likeness (QED) is 0.0770. The van der Waals surface area contributed by atoms with Crippen LogP contribution < -0.4 is 42.6 Å². The lowest BCUT2D eigenvalue weighted by molar-refractivity contribution is 0.295. The summed E-state index contributed by atoms with van der Waals surface area (Å²) in [5.41, 5.74) is 11.1. The number of hydrogen-bond donors (Lipinski definition) is 3. The highest BCUT2D eigenvalue weighted by Crippen LogP contribution is 2.45. The standard InChI is InChI=1S/C57H51N3O9/c1-61-37-22-46-55(52(25-37)64-4)43(28-58-46)40-13-7-10-16-49(40)67-31-34-19-35(32-68-50-17-11-8-14-41(50)44-29-59-47-23-38(62-2)26-53(65-5)56(44)47)21-36(20-34)33-69-51-18-12-9-15-42(51)45-30-60-48-24-39(63-3)27-54(66-6)57(45)48/h7-30,58-60H,31-33H2,1-6H3. The molecule has 0 amide bonds. The predicted molar refractivity (Wildman–Crippen MR) is 270 cm³/mol. The first-order valence-electron chi connectivity index (χ1n) is 22.4. The molecule has 0 fully saturated rings. The molecule has 0 aliphatic heterocycles. The normalized spacial score (nSPS) is 11.2. The van der Waals surface area contributed by atoms with Crippen molar-refractivity contribution in [2.24, 2.45) is 0 Å². The summed E-state index contributed by atoms with van der Waals surface area (Å²) in [7, 11) is 9.92. The van der Waals surface area contributed by atoms with Gasteiger partial charge in [-0.15, -0.1) is 0 Å². The third-order valence-electron chi connectivity index (χ3n) is 12.3. The molecule has 10 rings (SSSR count). The Hall–Kier alpha value is -8.64. The largest absolute Gasteiger partial charge is 0.497 e. The summed E-state index contributed by atoms with van der Waals surface area (Å²) in [6, 6.07) is 42.0. The van der Waals surface area contributed by atoms with Crippen LogP contribution >= 0.6 is 0 Å². The van der Waals surface area contributed by atoms with Crippen LogP contribution in [-0.4, -0.2) is 57.6 Å². The van der Waals surface area contributed by atoms with Gasteiger partial charge in [-0.2, -0.15) is 0 Å². The molecule has 0 spiro atoms. The number of aromatic nitrogens is 3. The maximum atomic E-state index is 6.73. The molecule has 12 heteroatoms. The van der Waals surface area contributed by atoms with Gasteiger partial charge in [0.2, 0.25) is 0 Å². The molecule has 10 aromatic rings. The number of nitrogens with one attached hydrogen (secondary N) is 3. The van der Waals surface area contributed by atoms with E-state index >= 15 is 0 Å². The number of fused-ring (bicyclic) bond motifs is 3. The van der Waals surface area contributed by atoms with Crippen molar-refractivity contribution in [2.75, 3.05) is 42.7 Å². The molecule has 0 aliphatic rings. The van der Waals surface area contributed by atoms with Crippen LogP contribution in [0.4, 0.5) is 0 Å². The first-order chi connectivity index (χ1) is 33.9. The molecule has 348 valence electrons. The molecule has 3 aromatic heterocycles. The number of hydrogen-bond acceptors (Lipinski definition) is 9. The van der Waals surface area contributed by atoms with E-state index in [1.807, 2.05) is 110 Å². The van der Waals surface area contributed by atoms with Gasteiger partial charge in [-0.3, -0.25) is 0 Å². The lowest BCUT2D eigenvalue weighted by Crippen LogP contribution is -2.05. The maximum Gasteiger partial charge on any atom is 0.132 e. The highest BCUT2D eigenvalue weighted by atomic mass is 16.5. The molecule has 0 aliphatic carbocycles. The van der Waals surface area contributed by atoms with Crippen molar-refractivity contribution in [3.05, 3.63) is 163 Å². The molecule has 7 aromatic carbocycles. The molecule has 0 saturated heterocycles. The zero-order valence-electron chi connectivity index (χ0n) is 39.2. The Morgan fingerprint density at radius 2 is 0.594 bits per heavy atom. The summed E-state index contributed by atoms with van der Waals surface area (Å²) in [6.45, 7) is 0.820. The van der Waals surface area contributed by atoms with E-state index in [-0.39, 0.29) is 19.8 Å². The van der Waals surface area contributed by atoms with Crippen LogP contribution in [0.3, 0.4) is 0 Å². The molecule has 0 unspecified atom stereocenters. The zero-order chi connectivity index (χ0) is 47.4. The Bertz CT molecular complexity index is 3090. The fraction of sp³-hybridized carbons (Fsp3) is 0.158. The molecule has 0 saturated carbocycles. The van der Waals surface area contributed by atoms with Gasteiger partial charge in [-0.25, -0.2) is 0 Å². The Morgan fingerprint density at radius 1 is 0.304 bits per heavy atom. The molecule has 0 bridgehead atoms. The van der Waals surface area contributed by atoms with E-state index in [9.17, 15) is 0 Å². The fourth-order valence-corrected chi connectivity index (χ4v) is 9.10. The van der Waals surface area contributed by atoms with Gasteiger partial charge in [0.05, 0.1) is 59.2 Å². The van der Waals surface area contributed by atoms with Crippen LogP contribution in [0.1, 0.15) is 16.7 Å². The zero-order valence-corrected chi connectivity index (χ0v) is 39.2. The van der Waals surface area contributed by atoms with Crippen molar-refractivity contribution in [3.8, 4) is 85.1 Å². The maximum absolute atomic E-state index is 6.73. The number of aromatic amines is 3. The first kappa shape index (κ1) is 44.2. The molecule has 69 heavy (non-hydrogen) atoms. The Morgan fingerprint density at radius 3 is 0.870 bits per heavy atom. The van der Waals surface area contributed by atoms with Crippen molar-refractivity contribution in [1.82, 2.24) is 15.0 Å². The average Bonchev–Trinajstić information content (AvgIpc) is 4.16. The summed E-state index contributed by atoms with van der Waals surface area (Å²) in [4.78, 5) is 10.2. The minimum atomic E-state index is 0.273. The molecule has 3 N–H and O–H groups in total. The summed E-state index contributed by atoms with van der Waals surface area (Å²) in [6.07, 6.45) is 5.93. The van der Waals surface area contributed by atoms with E-state index in [0.29, 0.717) is 34.5 Å². The molecule has 12 nitrogen and oxygen atoms in total. The molecular formula is C57H51N3O9. The monoisotopic (exact) mass is 921 g/mol. The number of ether oxygens (including phenoxy) is 9. The fourth-order valence-electron chi connectivity index (χ4n) is 9.10. The Kier molecular flexibility index (Phi) is 12.4. The van der Waals surface area contributed by atoms with Crippen molar-refractivity contribution < 1.29 is 42.6 Å². The second-order valence-corrected chi connectivity index (χ2v) is 16.4. The van der Waals surface area contributed by atoms with Gasteiger partial charge >= 0.3 is 0 Å². The van der Waals surface area contributed by atoms with Gasteiger partial charge in [0.1, 0.15) is 71.6 Å². The van der Waals surface area contributed by atoms with E-state index in [1.165, 1.54) is 0 Å². The summed E-state index contributed by atoms with van der Waals surface area (Å²) >= 11 is 0. The Labute approximate surface area is 399 Å². The minimum absolute atomic E-state index is 0.273. The second kappa shape index (κ2) is 19.3. The number of rotatable bonds is 18. The lowest BCUT2D eigenvalue weighted by atomic mass is 10.0. The minimum Gasteiger partial charge on any atom is -0.497 e. The van der Waals surface area contributed by atoms with E-state index in [4.69, 9.17) is 42.6 Å². The third kappa shape index (κ3) is 8.64. The van der Waals surface area contributed by atoms with Gasteiger partial charge in [-0.1, -0.05) is 54.6 Å². The van der Waals surface area contributed by atoms with Gasteiger partial charge in [0.15, 0.2) is 0 Å². The topological polar surface area (TPSA) is 130 Å². The summed E-state index contributed by atoms with van der Waals surface area (Å²) < 4.78 is 54.3. The highest BCUT2D eigenvalue weighted by molar-refractivity contribution is 6.04. The molecular weight excluding hydrogens is 871 g/mol. The van der Waals surface area contributed by atoms with Crippen molar-refractivity contribution in [3.63, 3.8) is 0 Å². The van der Waals surface area contributed by atoms with Crippen molar-refractivity contribution >= 4 is 32.7 Å². The van der Waals surface area contributed by atoms with Crippen LogP contribution in [0, 0.1) is 0 Å². The smallest absolute Gasteiger partial charge is 0.132 e. The summed E-state index contributed by atoms with van der Waals surface area (Å²) in [5.74, 6) is 6.35. The number of methoxy groups -OCH3 is 6. The predicted octanol–water partition coefficient (Wildman–Crippen LogP) is 12.9. The molecule has 3 heterocycles. The number of benzene rings is 7. The van der Waals surface area contributed by atoms with Crippen LogP contribution in [0.25, 0.3) is 66.1 Å². The number of para-hydroxylation sites is 3. The summed E-state index contributed by atoms with van der Waals surface area (Å²) in [5, 5.41) is 2.81. The molecule has 0 radical (unpaired) electrons.